The van der Waals surface area contributed by atoms with Gasteiger partial charge in [0.2, 0.25) is 0 Å². The van der Waals surface area contributed by atoms with Crippen LogP contribution in [0.15, 0.2) is 0 Å². The lowest BCUT2D eigenvalue weighted by Gasteiger charge is -2.29. The van der Waals surface area contributed by atoms with Crippen LogP contribution in [0, 0.1) is 0 Å². The number of aliphatic carboxylic acids is 1. The number of amides is 2. The topological polar surface area (TPSA) is 96.9 Å². The van der Waals surface area contributed by atoms with Crippen molar-refractivity contribution in [1.82, 2.24) is 10.6 Å². The molecule has 0 spiro atoms. The van der Waals surface area contributed by atoms with Crippen molar-refractivity contribution in [3.05, 3.63) is 0 Å². The Morgan fingerprint density at radius 3 is 2.60 bits per heavy atom. The van der Waals surface area contributed by atoms with Crippen LogP contribution in [0.25, 0.3) is 0 Å². The van der Waals surface area contributed by atoms with Gasteiger partial charge in [-0.25, -0.2) is 4.79 Å². The Morgan fingerprint density at radius 2 is 2.00 bits per heavy atom. The van der Waals surface area contributed by atoms with E-state index in [1.165, 1.54) is 0 Å². The van der Waals surface area contributed by atoms with E-state index in [-0.39, 0.29) is 18.6 Å². The number of carbonyl (C=O) groups is 2. The summed E-state index contributed by atoms with van der Waals surface area (Å²) in [5.41, 5.74) is -0.597. The van der Waals surface area contributed by atoms with Crippen molar-refractivity contribution >= 4 is 12.0 Å². The Hall–Kier alpha value is -1.34. The summed E-state index contributed by atoms with van der Waals surface area (Å²) >= 11 is 0. The summed E-state index contributed by atoms with van der Waals surface area (Å²) in [5.74, 6) is -0.879. The highest BCUT2D eigenvalue weighted by molar-refractivity contribution is 5.76. The summed E-state index contributed by atoms with van der Waals surface area (Å²) in [6.45, 7) is 1.97. The number of carbonyl (C=O) groups excluding carboxylic acids is 1. The second kappa shape index (κ2) is 6.90. The van der Waals surface area contributed by atoms with Crippen molar-refractivity contribution < 1.29 is 24.2 Å². The molecule has 20 heavy (non-hydrogen) atoms. The van der Waals surface area contributed by atoms with E-state index in [0.29, 0.717) is 26.4 Å². The van der Waals surface area contributed by atoms with Gasteiger partial charge in [-0.05, 0) is 12.8 Å². The third-order valence-electron chi connectivity index (χ3n) is 3.80. The molecule has 1 atom stereocenters. The summed E-state index contributed by atoms with van der Waals surface area (Å²) < 4.78 is 10.7. The normalized spacial score (nSPS) is 25.1. The number of carboxylic acids is 1. The van der Waals surface area contributed by atoms with Gasteiger partial charge in [-0.2, -0.15) is 0 Å². The Bertz CT molecular complexity index is 349. The van der Waals surface area contributed by atoms with E-state index in [1.54, 1.807) is 0 Å². The molecular formula is C13H22N2O5. The van der Waals surface area contributed by atoms with Crippen LogP contribution in [0.2, 0.25) is 0 Å². The van der Waals surface area contributed by atoms with Gasteiger partial charge in [0.1, 0.15) is 0 Å². The number of rotatable bonds is 5. The SMILES string of the molecule is O=C(O)CC1(NC(=O)NCC2COCCO2)CCCC1. The van der Waals surface area contributed by atoms with E-state index >= 15 is 0 Å². The molecular weight excluding hydrogens is 264 g/mol. The van der Waals surface area contributed by atoms with Crippen LogP contribution < -0.4 is 10.6 Å². The highest BCUT2D eigenvalue weighted by Crippen LogP contribution is 2.32. The number of ether oxygens (including phenoxy) is 2. The van der Waals surface area contributed by atoms with Crippen LogP contribution in [0.4, 0.5) is 4.79 Å². The maximum Gasteiger partial charge on any atom is 0.315 e. The molecule has 0 bridgehead atoms. The molecule has 7 heteroatoms. The minimum absolute atomic E-state index is 0.0243. The second-order valence-electron chi connectivity index (χ2n) is 5.46. The van der Waals surface area contributed by atoms with E-state index in [1.807, 2.05) is 0 Å². The van der Waals surface area contributed by atoms with Crippen LogP contribution in [-0.2, 0) is 14.3 Å². The van der Waals surface area contributed by atoms with E-state index in [2.05, 4.69) is 10.6 Å². The van der Waals surface area contributed by atoms with Crippen LogP contribution in [-0.4, -0.2) is 55.1 Å². The van der Waals surface area contributed by atoms with Crippen molar-refractivity contribution in [3.63, 3.8) is 0 Å². The molecule has 0 radical (unpaired) electrons. The standard InChI is InChI=1S/C13H22N2O5/c16-11(17)7-13(3-1-2-4-13)15-12(18)14-8-10-9-19-5-6-20-10/h10H,1-9H2,(H,16,17)(H2,14,15,18). The van der Waals surface area contributed by atoms with Gasteiger partial charge in [-0.15, -0.1) is 0 Å². The lowest BCUT2D eigenvalue weighted by Crippen LogP contribution is -2.53. The number of hydrogen-bond acceptors (Lipinski definition) is 4. The first-order valence-corrected chi connectivity index (χ1v) is 7.07. The average molecular weight is 286 g/mol. The van der Waals surface area contributed by atoms with Gasteiger partial charge >= 0.3 is 12.0 Å². The monoisotopic (exact) mass is 286 g/mol. The Kier molecular flexibility index (Phi) is 5.19. The molecule has 2 aliphatic rings. The van der Waals surface area contributed by atoms with Gasteiger partial charge in [0.05, 0.1) is 37.9 Å². The molecule has 7 nitrogen and oxygen atoms in total. The summed E-state index contributed by atoms with van der Waals surface area (Å²) in [7, 11) is 0. The molecule has 1 saturated heterocycles. The fourth-order valence-electron chi connectivity index (χ4n) is 2.83. The molecule has 0 aromatic carbocycles. The minimum Gasteiger partial charge on any atom is -0.481 e. The Labute approximate surface area is 118 Å². The molecule has 114 valence electrons. The van der Waals surface area contributed by atoms with Crippen molar-refractivity contribution in [2.45, 2.75) is 43.7 Å². The van der Waals surface area contributed by atoms with Gasteiger partial charge < -0.3 is 25.2 Å². The third kappa shape index (κ3) is 4.35. The zero-order valence-electron chi connectivity index (χ0n) is 11.5. The number of nitrogens with one attached hydrogen (secondary N) is 2. The molecule has 2 rings (SSSR count). The van der Waals surface area contributed by atoms with E-state index in [9.17, 15) is 9.59 Å². The van der Waals surface area contributed by atoms with Crippen LogP contribution in [0.1, 0.15) is 32.1 Å². The number of hydrogen-bond donors (Lipinski definition) is 3. The highest BCUT2D eigenvalue weighted by atomic mass is 16.6. The number of urea groups is 1. The third-order valence-corrected chi connectivity index (χ3v) is 3.80. The molecule has 0 aromatic heterocycles. The minimum atomic E-state index is -0.879. The fourth-order valence-corrected chi connectivity index (χ4v) is 2.83. The lowest BCUT2D eigenvalue weighted by atomic mass is 9.93. The zero-order chi connectivity index (χ0) is 14.4. The maximum absolute atomic E-state index is 11.9. The van der Waals surface area contributed by atoms with Crippen molar-refractivity contribution in [3.8, 4) is 0 Å². The average Bonchev–Trinajstić information content (AvgIpc) is 2.85. The molecule has 3 N–H and O–H groups in total. The Morgan fingerprint density at radius 1 is 1.25 bits per heavy atom. The van der Waals surface area contributed by atoms with E-state index < -0.39 is 11.5 Å². The second-order valence-corrected chi connectivity index (χ2v) is 5.46. The molecule has 1 aliphatic carbocycles. The van der Waals surface area contributed by atoms with Crippen molar-refractivity contribution in [2.24, 2.45) is 0 Å². The van der Waals surface area contributed by atoms with Crippen LogP contribution in [0.5, 0.6) is 0 Å². The Balaban J connectivity index is 1.77. The quantitative estimate of drug-likeness (QED) is 0.683. The first kappa shape index (κ1) is 15.1. The molecule has 1 saturated carbocycles. The smallest absolute Gasteiger partial charge is 0.315 e. The molecule has 2 fully saturated rings. The molecule has 1 aliphatic heterocycles. The van der Waals surface area contributed by atoms with Crippen LogP contribution >= 0.6 is 0 Å². The lowest BCUT2D eigenvalue weighted by molar-refractivity contribution is -0.138. The van der Waals surface area contributed by atoms with Gasteiger partial charge in [0.15, 0.2) is 0 Å². The predicted octanol–water partition coefficient (Wildman–Crippen LogP) is 0.488. The van der Waals surface area contributed by atoms with E-state index in [4.69, 9.17) is 14.6 Å². The number of carboxylic acid groups (broad SMARTS) is 1. The summed E-state index contributed by atoms with van der Waals surface area (Å²) in [6.07, 6.45) is 3.18. The molecule has 1 heterocycles. The van der Waals surface area contributed by atoms with Gasteiger partial charge in [0, 0.05) is 6.54 Å². The largest absolute Gasteiger partial charge is 0.481 e. The van der Waals surface area contributed by atoms with Crippen molar-refractivity contribution in [1.29, 1.82) is 0 Å². The maximum atomic E-state index is 11.9. The predicted molar refractivity (Wildman–Crippen MR) is 70.5 cm³/mol. The first-order chi connectivity index (χ1) is 9.60. The molecule has 1 unspecified atom stereocenters. The van der Waals surface area contributed by atoms with Gasteiger partial charge in [-0.1, -0.05) is 12.8 Å². The van der Waals surface area contributed by atoms with E-state index in [0.717, 1.165) is 25.7 Å². The summed E-state index contributed by atoms with van der Waals surface area (Å²) in [5, 5.41) is 14.5. The fraction of sp³-hybridized carbons (Fsp3) is 0.846. The molecule has 2 amide bonds. The molecule has 0 aromatic rings. The highest BCUT2D eigenvalue weighted by Gasteiger charge is 2.37. The van der Waals surface area contributed by atoms with Gasteiger partial charge in [-0.3, -0.25) is 4.79 Å². The first-order valence-electron chi connectivity index (χ1n) is 7.07. The van der Waals surface area contributed by atoms with Crippen LogP contribution in [0.3, 0.4) is 0 Å². The van der Waals surface area contributed by atoms with Crippen molar-refractivity contribution in [2.75, 3.05) is 26.4 Å². The summed E-state index contributed by atoms with van der Waals surface area (Å²) in [4.78, 5) is 22.9. The summed E-state index contributed by atoms with van der Waals surface area (Å²) in [6, 6.07) is -0.331. The van der Waals surface area contributed by atoms with Gasteiger partial charge in [0.25, 0.3) is 0 Å². The zero-order valence-corrected chi connectivity index (χ0v) is 11.5.